The smallest absolute Gasteiger partial charge is 0.267 e. The van der Waals surface area contributed by atoms with Crippen LogP contribution in [0.3, 0.4) is 0 Å². The van der Waals surface area contributed by atoms with Gasteiger partial charge in [-0.2, -0.15) is 0 Å². The van der Waals surface area contributed by atoms with Crippen LogP contribution in [0, 0.1) is 6.92 Å². The third-order valence-corrected chi connectivity index (χ3v) is 7.49. The summed E-state index contributed by atoms with van der Waals surface area (Å²) in [5, 5.41) is 1.18. The second kappa shape index (κ2) is 9.15. The molecule has 0 saturated carbocycles. The van der Waals surface area contributed by atoms with E-state index in [9.17, 15) is 18.0 Å². The van der Waals surface area contributed by atoms with E-state index in [1.165, 1.54) is 49.7 Å². The van der Waals surface area contributed by atoms with Crippen molar-refractivity contribution in [1.29, 1.82) is 0 Å². The van der Waals surface area contributed by atoms with Crippen molar-refractivity contribution in [3.05, 3.63) is 69.7 Å². The average molecular weight is 479 g/mol. The van der Waals surface area contributed by atoms with E-state index in [1.807, 2.05) is 6.07 Å². The first-order chi connectivity index (χ1) is 14.6. The Morgan fingerprint density at radius 3 is 2.39 bits per heavy atom. The predicted octanol–water partition coefficient (Wildman–Crippen LogP) is 3.10. The number of hydrazine groups is 1. The summed E-state index contributed by atoms with van der Waals surface area (Å²) in [6, 6.07) is 12.7. The van der Waals surface area contributed by atoms with Crippen LogP contribution in [0.25, 0.3) is 10.6 Å². The van der Waals surface area contributed by atoms with Crippen molar-refractivity contribution < 1.29 is 18.0 Å². The number of carbonyl (C=O) groups excluding carboxylic acids is 2. The van der Waals surface area contributed by atoms with Crippen molar-refractivity contribution in [2.45, 2.75) is 11.8 Å². The van der Waals surface area contributed by atoms with Gasteiger partial charge in [0.1, 0.15) is 9.88 Å². The van der Waals surface area contributed by atoms with E-state index in [0.717, 1.165) is 9.87 Å². The van der Waals surface area contributed by atoms with Crippen molar-refractivity contribution in [3.8, 4) is 10.6 Å². The predicted molar refractivity (Wildman–Crippen MR) is 120 cm³/mol. The maximum atomic E-state index is 12.5. The lowest BCUT2D eigenvalue weighted by atomic mass is 10.2. The van der Waals surface area contributed by atoms with Gasteiger partial charge in [0.25, 0.3) is 11.8 Å². The molecule has 0 spiro atoms. The third kappa shape index (κ3) is 5.10. The minimum absolute atomic E-state index is 0.0269. The summed E-state index contributed by atoms with van der Waals surface area (Å²) in [7, 11) is -0.889. The molecule has 11 heteroatoms. The standard InChI is InChI=1S/C20H19ClN4O4S2/c1-12-17(30-20(22-12)14-7-4-8-15(21)10-14)19(27)24-23-18(26)13-6-5-9-16(11-13)31(28,29)25(2)3/h4-11H,1-3H3,(H,23,26)(H,24,27). The number of hydrogen-bond donors (Lipinski definition) is 2. The zero-order valence-electron chi connectivity index (χ0n) is 16.8. The summed E-state index contributed by atoms with van der Waals surface area (Å²) in [6.45, 7) is 1.69. The van der Waals surface area contributed by atoms with Gasteiger partial charge in [-0.1, -0.05) is 29.8 Å². The number of thiazole rings is 1. The molecule has 1 aromatic heterocycles. The second-order valence-corrected chi connectivity index (χ2v) is 10.3. The Labute approximate surface area is 188 Å². The fourth-order valence-corrected chi connectivity index (χ4v) is 4.70. The largest absolute Gasteiger partial charge is 0.281 e. The number of benzene rings is 2. The minimum Gasteiger partial charge on any atom is -0.267 e. The number of aryl methyl sites for hydroxylation is 1. The topological polar surface area (TPSA) is 108 Å². The van der Waals surface area contributed by atoms with Gasteiger partial charge in [0.05, 0.1) is 10.6 Å². The van der Waals surface area contributed by atoms with Crippen molar-refractivity contribution in [2.24, 2.45) is 0 Å². The number of sulfonamides is 1. The van der Waals surface area contributed by atoms with E-state index < -0.39 is 21.8 Å². The third-order valence-electron chi connectivity index (χ3n) is 4.24. The Bertz CT molecular complexity index is 1260. The molecule has 0 bridgehead atoms. The molecule has 0 unspecified atom stereocenters. The first kappa shape index (κ1) is 22.9. The lowest BCUT2D eigenvalue weighted by Gasteiger charge is -2.12. The summed E-state index contributed by atoms with van der Waals surface area (Å²) in [5.41, 5.74) is 6.02. The zero-order chi connectivity index (χ0) is 22.8. The first-order valence-electron chi connectivity index (χ1n) is 8.96. The summed E-state index contributed by atoms with van der Waals surface area (Å²) in [6.07, 6.45) is 0. The maximum Gasteiger partial charge on any atom is 0.281 e. The van der Waals surface area contributed by atoms with Crippen LogP contribution in [-0.2, 0) is 10.0 Å². The van der Waals surface area contributed by atoms with Crippen LogP contribution in [0.5, 0.6) is 0 Å². The molecule has 0 aliphatic rings. The van der Waals surface area contributed by atoms with Crippen molar-refractivity contribution >= 4 is 44.8 Å². The molecule has 2 amide bonds. The maximum absolute atomic E-state index is 12.5. The minimum atomic E-state index is -3.69. The molecular formula is C20H19ClN4O4S2. The van der Waals surface area contributed by atoms with Crippen LogP contribution in [0.1, 0.15) is 25.7 Å². The lowest BCUT2D eigenvalue weighted by Crippen LogP contribution is -2.41. The van der Waals surface area contributed by atoms with Crippen LogP contribution >= 0.6 is 22.9 Å². The molecule has 1 heterocycles. The Morgan fingerprint density at radius 2 is 1.71 bits per heavy atom. The first-order valence-corrected chi connectivity index (χ1v) is 11.6. The molecule has 3 aromatic rings. The number of nitrogens with one attached hydrogen (secondary N) is 2. The highest BCUT2D eigenvalue weighted by Gasteiger charge is 2.20. The molecule has 0 aliphatic heterocycles. The number of hydrogen-bond acceptors (Lipinski definition) is 6. The monoisotopic (exact) mass is 478 g/mol. The van der Waals surface area contributed by atoms with Gasteiger partial charge < -0.3 is 0 Å². The second-order valence-electron chi connectivity index (χ2n) is 6.67. The zero-order valence-corrected chi connectivity index (χ0v) is 19.2. The Balaban J connectivity index is 1.72. The van der Waals surface area contributed by atoms with Crippen molar-refractivity contribution in [1.82, 2.24) is 20.1 Å². The Hall–Kier alpha value is -2.79. The Kier molecular flexibility index (Phi) is 6.75. The van der Waals surface area contributed by atoms with Gasteiger partial charge in [0.15, 0.2) is 0 Å². The molecule has 0 atom stereocenters. The van der Waals surface area contributed by atoms with E-state index in [0.29, 0.717) is 20.6 Å². The molecule has 0 saturated heterocycles. The molecule has 0 fully saturated rings. The molecule has 0 radical (unpaired) electrons. The summed E-state index contributed by atoms with van der Waals surface area (Å²) in [5.74, 6) is -1.19. The molecule has 31 heavy (non-hydrogen) atoms. The summed E-state index contributed by atoms with van der Waals surface area (Å²) < 4.78 is 25.5. The van der Waals surface area contributed by atoms with Gasteiger partial charge in [0.2, 0.25) is 10.0 Å². The van der Waals surface area contributed by atoms with Crippen molar-refractivity contribution in [2.75, 3.05) is 14.1 Å². The molecule has 162 valence electrons. The number of nitrogens with zero attached hydrogens (tertiary/aromatic N) is 2. The lowest BCUT2D eigenvalue weighted by molar-refractivity contribution is 0.0848. The van der Waals surface area contributed by atoms with E-state index in [2.05, 4.69) is 15.8 Å². The SMILES string of the molecule is Cc1nc(-c2cccc(Cl)c2)sc1C(=O)NNC(=O)c1cccc(S(=O)(=O)N(C)C)c1. The van der Waals surface area contributed by atoms with Crippen molar-refractivity contribution in [3.63, 3.8) is 0 Å². The number of halogens is 1. The number of amides is 2. The highest BCUT2D eigenvalue weighted by atomic mass is 35.5. The van der Waals surface area contributed by atoms with E-state index in [1.54, 1.807) is 25.1 Å². The number of rotatable bonds is 5. The normalized spacial score (nSPS) is 11.4. The van der Waals surface area contributed by atoms with E-state index in [4.69, 9.17) is 11.6 Å². The van der Waals surface area contributed by atoms with Crippen LogP contribution < -0.4 is 10.9 Å². The van der Waals surface area contributed by atoms with Gasteiger partial charge >= 0.3 is 0 Å². The highest BCUT2D eigenvalue weighted by Crippen LogP contribution is 2.29. The van der Waals surface area contributed by atoms with Crippen LogP contribution in [0.15, 0.2) is 53.4 Å². The molecule has 3 rings (SSSR count). The molecule has 0 aliphatic carbocycles. The van der Waals surface area contributed by atoms with Gasteiger partial charge in [0, 0.05) is 30.2 Å². The highest BCUT2D eigenvalue weighted by molar-refractivity contribution is 7.89. The molecule has 2 aromatic carbocycles. The molecular weight excluding hydrogens is 460 g/mol. The van der Waals surface area contributed by atoms with Gasteiger partial charge in [-0.3, -0.25) is 20.4 Å². The fraction of sp³-hybridized carbons (Fsp3) is 0.150. The van der Waals surface area contributed by atoms with Gasteiger partial charge in [-0.05, 0) is 37.3 Å². The number of aromatic nitrogens is 1. The van der Waals surface area contributed by atoms with Gasteiger partial charge in [-0.15, -0.1) is 11.3 Å². The van der Waals surface area contributed by atoms with E-state index >= 15 is 0 Å². The summed E-state index contributed by atoms with van der Waals surface area (Å²) >= 11 is 7.18. The van der Waals surface area contributed by atoms with Crippen LogP contribution in [-0.4, -0.2) is 43.6 Å². The fourth-order valence-electron chi connectivity index (χ4n) is 2.60. The number of carbonyl (C=O) groups is 2. The van der Waals surface area contributed by atoms with Gasteiger partial charge in [-0.25, -0.2) is 17.7 Å². The quantitative estimate of drug-likeness (QED) is 0.548. The van der Waals surface area contributed by atoms with E-state index in [-0.39, 0.29) is 10.5 Å². The van der Waals surface area contributed by atoms with Crippen LogP contribution in [0.4, 0.5) is 0 Å². The Morgan fingerprint density at radius 1 is 1.03 bits per heavy atom. The van der Waals surface area contributed by atoms with Crippen LogP contribution in [0.2, 0.25) is 5.02 Å². The average Bonchev–Trinajstić information content (AvgIpc) is 3.13. The molecule has 8 nitrogen and oxygen atoms in total. The molecule has 2 N–H and O–H groups in total. The summed E-state index contributed by atoms with van der Waals surface area (Å²) in [4.78, 5) is 29.7.